The highest BCUT2D eigenvalue weighted by Gasteiger charge is 2.07. The zero-order valence-electron chi connectivity index (χ0n) is 20.7. The first-order valence-corrected chi connectivity index (χ1v) is 11.0. The summed E-state index contributed by atoms with van der Waals surface area (Å²) in [5, 5.41) is 4.98. The van der Waals surface area contributed by atoms with Gasteiger partial charge in [-0.05, 0) is 88.0 Å². The van der Waals surface area contributed by atoms with E-state index in [9.17, 15) is 4.79 Å². The van der Waals surface area contributed by atoms with Crippen molar-refractivity contribution in [3.05, 3.63) is 69.7 Å². The molecule has 1 amide bonds. The molecule has 0 saturated heterocycles. The SMILES string of the molecule is C#C.C/C=C(\C=NC(C)C)C/C=c1/cc(NC(=O)c2ccc(CN(C)C)cc2)nc/c1=C/C. The van der Waals surface area contributed by atoms with Crippen molar-refractivity contribution in [3.8, 4) is 12.8 Å². The topological polar surface area (TPSA) is 57.6 Å². The fourth-order valence-corrected chi connectivity index (χ4v) is 3.00. The van der Waals surface area contributed by atoms with Crippen molar-refractivity contribution >= 4 is 30.1 Å². The van der Waals surface area contributed by atoms with E-state index < -0.39 is 0 Å². The lowest BCUT2D eigenvalue weighted by atomic mass is 10.1. The van der Waals surface area contributed by atoms with Gasteiger partial charge in [0.05, 0.1) is 0 Å². The monoisotopic (exact) mass is 444 g/mol. The molecule has 0 spiro atoms. The lowest BCUT2D eigenvalue weighted by molar-refractivity contribution is 0.102. The number of hydrogen-bond donors (Lipinski definition) is 1. The van der Waals surface area contributed by atoms with Crippen LogP contribution >= 0.6 is 0 Å². The minimum Gasteiger partial charge on any atom is -0.307 e. The minimum absolute atomic E-state index is 0.165. The van der Waals surface area contributed by atoms with Crippen molar-refractivity contribution in [3.63, 3.8) is 0 Å². The Morgan fingerprint density at radius 2 is 1.82 bits per heavy atom. The van der Waals surface area contributed by atoms with E-state index in [1.807, 2.05) is 70.6 Å². The Morgan fingerprint density at radius 3 is 2.36 bits per heavy atom. The molecular weight excluding hydrogens is 408 g/mol. The van der Waals surface area contributed by atoms with Gasteiger partial charge in [-0.25, -0.2) is 4.98 Å². The maximum Gasteiger partial charge on any atom is 0.256 e. The van der Waals surface area contributed by atoms with Crippen LogP contribution in [0.5, 0.6) is 0 Å². The van der Waals surface area contributed by atoms with E-state index in [0.29, 0.717) is 11.4 Å². The van der Waals surface area contributed by atoms with Crippen molar-refractivity contribution in [1.29, 1.82) is 0 Å². The smallest absolute Gasteiger partial charge is 0.256 e. The number of nitrogens with zero attached hydrogens (tertiary/aromatic N) is 3. The second-order valence-electron chi connectivity index (χ2n) is 8.02. The van der Waals surface area contributed by atoms with Crippen LogP contribution in [0.15, 0.2) is 53.2 Å². The Balaban J connectivity index is 0.00000265. The lowest BCUT2D eigenvalue weighted by Gasteiger charge is -2.10. The molecule has 0 atom stereocenters. The zero-order valence-corrected chi connectivity index (χ0v) is 20.7. The maximum atomic E-state index is 12.7. The largest absolute Gasteiger partial charge is 0.307 e. The van der Waals surface area contributed by atoms with Gasteiger partial charge in [0.1, 0.15) is 5.82 Å². The Bertz CT molecular complexity index is 1090. The molecule has 5 nitrogen and oxygen atoms in total. The molecular formula is C28H36N4O. The summed E-state index contributed by atoms with van der Waals surface area (Å²) in [6, 6.07) is 9.85. The van der Waals surface area contributed by atoms with Gasteiger partial charge in [0.25, 0.3) is 5.91 Å². The van der Waals surface area contributed by atoms with E-state index in [1.54, 1.807) is 6.20 Å². The third kappa shape index (κ3) is 9.67. The number of benzene rings is 1. The highest BCUT2D eigenvalue weighted by molar-refractivity contribution is 6.03. The van der Waals surface area contributed by atoms with Crippen LogP contribution in [-0.4, -0.2) is 42.1 Å². The molecule has 0 radical (unpaired) electrons. The Kier molecular flexibility index (Phi) is 12.1. The number of aromatic nitrogens is 1. The third-order valence-electron chi connectivity index (χ3n) is 4.70. The number of aliphatic imine (C=N–C) groups is 1. The first-order chi connectivity index (χ1) is 15.8. The Labute approximate surface area is 198 Å². The van der Waals surface area contributed by atoms with Gasteiger partial charge in [0, 0.05) is 30.6 Å². The average molecular weight is 445 g/mol. The summed E-state index contributed by atoms with van der Waals surface area (Å²) in [6.45, 7) is 8.97. The molecule has 5 heteroatoms. The molecule has 33 heavy (non-hydrogen) atoms. The van der Waals surface area contributed by atoms with Crippen molar-refractivity contribution in [2.45, 2.75) is 46.7 Å². The number of amides is 1. The number of carbonyl (C=O) groups excluding carboxylic acids is 1. The predicted molar refractivity (Wildman–Crippen MR) is 142 cm³/mol. The number of hydrogen-bond acceptors (Lipinski definition) is 4. The number of nitrogens with one attached hydrogen (secondary N) is 1. The van der Waals surface area contributed by atoms with Crippen molar-refractivity contribution in [2.24, 2.45) is 4.99 Å². The molecule has 1 heterocycles. The summed E-state index contributed by atoms with van der Waals surface area (Å²) >= 11 is 0. The molecule has 0 unspecified atom stereocenters. The molecule has 2 aromatic rings. The highest BCUT2D eigenvalue weighted by Crippen LogP contribution is 2.08. The maximum absolute atomic E-state index is 12.7. The van der Waals surface area contributed by atoms with E-state index in [2.05, 4.69) is 59.0 Å². The first-order valence-electron chi connectivity index (χ1n) is 11.0. The quantitative estimate of drug-likeness (QED) is 0.494. The molecule has 0 fully saturated rings. The van der Waals surface area contributed by atoms with Crippen LogP contribution in [0.4, 0.5) is 5.82 Å². The fourth-order valence-electron chi connectivity index (χ4n) is 3.00. The number of terminal acetylenes is 1. The highest BCUT2D eigenvalue weighted by atomic mass is 16.1. The van der Waals surface area contributed by atoms with Gasteiger partial charge in [-0.15, -0.1) is 12.8 Å². The van der Waals surface area contributed by atoms with Gasteiger partial charge in [-0.1, -0.05) is 30.4 Å². The summed E-state index contributed by atoms with van der Waals surface area (Å²) in [5.74, 6) is 0.374. The van der Waals surface area contributed by atoms with Crippen LogP contribution in [-0.2, 0) is 6.54 Å². The van der Waals surface area contributed by atoms with Crippen LogP contribution in [0.25, 0.3) is 12.2 Å². The second kappa shape index (κ2) is 14.5. The summed E-state index contributed by atoms with van der Waals surface area (Å²) < 4.78 is 0. The molecule has 1 N–H and O–H groups in total. The third-order valence-corrected chi connectivity index (χ3v) is 4.70. The molecule has 0 aliphatic heterocycles. The van der Waals surface area contributed by atoms with E-state index in [4.69, 9.17) is 0 Å². The fraction of sp³-hybridized carbons (Fsp3) is 0.321. The number of pyridine rings is 1. The molecule has 2 rings (SSSR count). The minimum atomic E-state index is -0.165. The zero-order chi connectivity index (χ0) is 24.8. The molecule has 1 aromatic heterocycles. The average Bonchev–Trinajstić information content (AvgIpc) is 2.80. The summed E-state index contributed by atoms with van der Waals surface area (Å²) in [5.41, 5.74) is 2.93. The number of anilines is 1. The molecule has 1 aromatic carbocycles. The van der Waals surface area contributed by atoms with Gasteiger partial charge in [-0.2, -0.15) is 0 Å². The predicted octanol–water partition coefficient (Wildman–Crippen LogP) is 4.04. The van der Waals surface area contributed by atoms with Crippen LogP contribution in [0.3, 0.4) is 0 Å². The molecule has 0 aliphatic rings. The number of allylic oxidation sites excluding steroid dienone is 2. The van der Waals surface area contributed by atoms with Crippen LogP contribution < -0.4 is 15.8 Å². The number of rotatable bonds is 8. The number of carbonyl (C=O) groups is 1. The van der Waals surface area contributed by atoms with E-state index in [0.717, 1.165) is 29.0 Å². The summed E-state index contributed by atoms with van der Waals surface area (Å²) in [6.07, 6.45) is 18.7. The summed E-state index contributed by atoms with van der Waals surface area (Å²) in [7, 11) is 4.04. The molecule has 0 aliphatic carbocycles. The lowest BCUT2D eigenvalue weighted by Crippen LogP contribution is -2.26. The van der Waals surface area contributed by atoms with Crippen molar-refractivity contribution in [2.75, 3.05) is 19.4 Å². The normalized spacial score (nSPS) is 12.8. The van der Waals surface area contributed by atoms with E-state index in [-0.39, 0.29) is 11.9 Å². The van der Waals surface area contributed by atoms with Gasteiger partial charge in [0.15, 0.2) is 0 Å². The van der Waals surface area contributed by atoms with Crippen LogP contribution in [0, 0.1) is 12.8 Å². The Hall–Kier alpha value is -3.49. The van der Waals surface area contributed by atoms with Gasteiger partial charge in [0.2, 0.25) is 0 Å². The van der Waals surface area contributed by atoms with E-state index >= 15 is 0 Å². The molecule has 174 valence electrons. The van der Waals surface area contributed by atoms with Gasteiger partial charge in [-0.3, -0.25) is 9.79 Å². The van der Waals surface area contributed by atoms with Crippen molar-refractivity contribution in [1.82, 2.24) is 9.88 Å². The molecule has 0 saturated carbocycles. The van der Waals surface area contributed by atoms with Gasteiger partial charge < -0.3 is 10.2 Å². The standard InChI is InChI=1S/C26H34N4O.C2H2/c1-7-20(16-27-19(3)4)9-14-24-15-25(28-17-22(24)8-2)29-26(31)23-12-10-21(11-13-23)18-30(5)6;1-2/h7-8,10-17,19H,9,18H2,1-6H3,(H,29,31);1-2H/b20-7-,22-8-,24-14-,27-16?;. The van der Waals surface area contributed by atoms with Crippen LogP contribution in [0.1, 0.15) is 50.0 Å². The first kappa shape index (κ1) is 27.5. The molecule has 0 bridgehead atoms. The van der Waals surface area contributed by atoms with Crippen molar-refractivity contribution < 1.29 is 4.79 Å². The Morgan fingerprint density at radius 1 is 1.15 bits per heavy atom. The van der Waals surface area contributed by atoms with Gasteiger partial charge >= 0.3 is 0 Å². The van der Waals surface area contributed by atoms with E-state index in [1.165, 1.54) is 5.56 Å². The van der Waals surface area contributed by atoms with Crippen LogP contribution in [0.2, 0.25) is 0 Å². The second-order valence-corrected chi connectivity index (χ2v) is 8.02. The summed E-state index contributed by atoms with van der Waals surface area (Å²) in [4.78, 5) is 23.6.